The van der Waals surface area contributed by atoms with Crippen LogP contribution in [-0.2, 0) is 13.0 Å². The van der Waals surface area contributed by atoms with Crippen molar-refractivity contribution in [3.05, 3.63) is 70.7 Å². The molecule has 1 saturated heterocycles. The molecule has 1 amide bonds. The minimum Gasteiger partial charge on any atom is -0.496 e. The minimum atomic E-state index is -0.0289. The molecule has 0 bridgehead atoms. The third-order valence-corrected chi connectivity index (χ3v) is 6.28. The van der Waals surface area contributed by atoms with Gasteiger partial charge in [0.2, 0.25) is 0 Å². The van der Waals surface area contributed by atoms with Crippen LogP contribution in [0.1, 0.15) is 27.2 Å². The van der Waals surface area contributed by atoms with Gasteiger partial charge in [0.15, 0.2) is 0 Å². The average Bonchev–Trinajstić information content (AvgIpc) is 3.44. The standard InChI is InChI=1S/C23H25N3O2S.ClH/c1-28-21-9-5-4-8-20(21)23-26-15-18(29-23)14-25-22(27)19-7-3-2-6-17(19)12-16-10-11-24-13-16;/h2-9,15-16,24H,10-14H2,1H3,(H,25,27);1H. The number of hydrogen-bond acceptors (Lipinski definition) is 5. The highest BCUT2D eigenvalue weighted by atomic mass is 35.5. The number of ether oxygens (including phenoxy) is 1. The Morgan fingerprint density at radius 3 is 2.83 bits per heavy atom. The van der Waals surface area contributed by atoms with Gasteiger partial charge in [-0.15, -0.1) is 23.7 Å². The number of nitrogens with zero attached hydrogens (tertiary/aromatic N) is 1. The van der Waals surface area contributed by atoms with Crippen molar-refractivity contribution in [1.29, 1.82) is 0 Å². The van der Waals surface area contributed by atoms with Crippen LogP contribution in [0.5, 0.6) is 5.75 Å². The van der Waals surface area contributed by atoms with E-state index in [1.54, 1.807) is 18.4 Å². The van der Waals surface area contributed by atoms with Gasteiger partial charge in [0.1, 0.15) is 10.8 Å². The van der Waals surface area contributed by atoms with Crippen molar-refractivity contribution in [3.63, 3.8) is 0 Å². The van der Waals surface area contributed by atoms with Crippen LogP contribution >= 0.6 is 23.7 Å². The van der Waals surface area contributed by atoms with Gasteiger partial charge < -0.3 is 15.4 Å². The van der Waals surface area contributed by atoms with Gasteiger partial charge in [-0.1, -0.05) is 30.3 Å². The number of aromatic nitrogens is 1. The van der Waals surface area contributed by atoms with Crippen LogP contribution in [0.25, 0.3) is 10.6 Å². The molecule has 3 aromatic rings. The molecule has 1 aliphatic rings. The molecular weight excluding hydrogens is 418 g/mol. The highest BCUT2D eigenvalue weighted by molar-refractivity contribution is 7.15. The van der Waals surface area contributed by atoms with E-state index in [4.69, 9.17) is 4.74 Å². The Balaban J connectivity index is 0.00000256. The van der Waals surface area contributed by atoms with Crippen LogP contribution < -0.4 is 15.4 Å². The monoisotopic (exact) mass is 443 g/mol. The maximum Gasteiger partial charge on any atom is 0.251 e. The van der Waals surface area contributed by atoms with Crippen LogP contribution in [-0.4, -0.2) is 31.1 Å². The van der Waals surface area contributed by atoms with Crippen molar-refractivity contribution in [1.82, 2.24) is 15.6 Å². The van der Waals surface area contributed by atoms with Crippen molar-refractivity contribution in [3.8, 4) is 16.3 Å². The molecule has 1 unspecified atom stereocenters. The summed E-state index contributed by atoms with van der Waals surface area (Å²) >= 11 is 1.57. The van der Waals surface area contributed by atoms with Crippen LogP contribution in [0.15, 0.2) is 54.7 Å². The SMILES string of the molecule is COc1ccccc1-c1ncc(CNC(=O)c2ccccc2CC2CCNC2)s1.Cl. The quantitative estimate of drug-likeness (QED) is 0.570. The average molecular weight is 444 g/mol. The summed E-state index contributed by atoms with van der Waals surface area (Å²) < 4.78 is 5.43. The van der Waals surface area contributed by atoms with Crippen molar-refractivity contribution in [2.24, 2.45) is 5.92 Å². The van der Waals surface area contributed by atoms with E-state index in [1.165, 1.54) is 6.42 Å². The maximum atomic E-state index is 12.8. The van der Waals surface area contributed by atoms with E-state index >= 15 is 0 Å². The van der Waals surface area contributed by atoms with E-state index in [0.717, 1.165) is 51.8 Å². The third kappa shape index (κ3) is 5.19. The van der Waals surface area contributed by atoms with Gasteiger partial charge in [0.25, 0.3) is 5.91 Å². The summed E-state index contributed by atoms with van der Waals surface area (Å²) in [5.74, 6) is 1.38. The number of rotatable bonds is 7. The molecule has 30 heavy (non-hydrogen) atoms. The number of thiazole rings is 1. The molecule has 5 nitrogen and oxygen atoms in total. The lowest BCUT2D eigenvalue weighted by atomic mass is 9.94. The second kappa shape index (κ2) is 10.6. The Labute approximate surface area is 187 Å². The molecule has 0 saturated carbocycles. The second-order valence-corrected chi connectivity index (χ2v) is 8.35. The number of para-hydroxylation sites is 1. The summed E-state index contributed by atoms with van der Waals surface area (Å²) in [6, 6.07) is 15.8. The Kier molecular flexibility index (Phi) is 7.85. The molecule has 1 fully saturated rings. The zero-order chi connectivity index (χ0) is 20.1. The smallest absolute Gasteiger partial charge is 0.251 e. The number of benzene rings is 2. The van der Waals surface area contributed by atoms with E-state index in [-0.39, 0.29) is 18.3 Å². The van der Waals surface area contributed by atoms with E-state index in [1.807, 2.05) is 48.7 Å². The Morgan fingerprint density at radius 2 is 2.03 bits per heavy atom. The fourth-order valence-electron chi connectivity index (χ4n) is 3.72. The molecule has 2 aromatic carbocycles. The summed E-state index contributed by atoms with van der Waals surface area (Å²) in [6.07, 6.45) is 3.93. The molecule has 4 rings (SSSR count). The third-order valence-electron chi connectivity index (χ3n) is 5.25. The number of carbonyl (C=O) groups excluding carboxylic acids is 1. The Bertz CT molecular complexity index is 986. The van der Waals surface area contributed by atoms with Gasteiger partial charge in [-0.25, -0.2) is 4.98 Å². The van der Waals surface area contributed by atoms with E-state index in [2.05, 4.69) is 21.7 Å². The molecule has 2 heterocycles. The molecule has 1 atom stereocenters. The molecule has 1 aromatic heterocycles. The molecular formula is C23H26ClN3O2S. The fraction of sp³-hybridized carbons (Fsp3) is 0.304. The highest BCUT2D eigenvalue weighted by Crippen LogP contribution is 2.32. The number of halogens is 1. The predicted octanol–water partition coefficient (Wildman–Crippen LogP) is 4.32. The Morgan fingerprint density at radius 1 is 1.23 bits per heavy atom. The van der Waals surface area contributed by atoms with E-state index in [0.29, 0.717) is 12.5 Å². The Hall–Kier alpha value is -2.41. The van der Waals surface area contributed by atoms with Crippen LogP contribution in [0, 0.1) is 5.92 Å². The predicted molar refractivity (Wildman–Crippen MR) is 124 cm³/mol. The molecule has 0 spiro atoms. The molecule has 7 heteroatoms. The summed E-state index contributed by atoms with van der Waals surface area (Å²) in [5.41, 5.74) is 2.86. The summed E-state index contributed by atoms with van der Waals surface area (Å²) in [7, 11) is 1.66. The lowest BCUT2D eigenvalue weighted by molar-refractivity contribution is 0.0950. The van der Waals surface area contributed by atoms with Gasteiger partial charge in [-0.3, -0.25) is 4.79 Å². The maximum absolute atomic E-state index is 12.8. The normalized spacial score (nSPS) is 15.4. The molecule has 2 N–H and O–H groups in total. The number of carbonyl (C=O) groups is 1. The molecule has 1 aliphatic heterocycles. The van der Waals surface area contributed by atoms with Gasteiger partial charge >= 0.3 is 0 Å². The molecule has 0 aliphatic carbocycles. The van der Waals surface area contributed by atoms with Crippen LogP contribution in [0.2, 0.25) is 0 Å². The topological polar surface area (TPSA) is 63.2 Å². The first kappa shape index (κ1) is 22.3. The number of amides is 1. The summed E-state index contributed by atoms with van der Waals surface area (Å²) in [6.45, 7) is 2.56. The number of nitrogens with one attached hydrogen (secondary N) is 2. The van der Waals surface area contributed by atoms with Crippen molar-refractivity contribution in [2.45, 2.75) is 19.4 Å². The van der Waals surface area contributed by atoms with Gasteiger partial charge in [0.05, 0.1) is 19.2 Å². The second-order valence-electron chi connectivity index (χ2n) is 7.23. The lowest BCUT2D eigenvalue weighted by Gasteiger charge is -2.13. The van der Waals surface area contributed by atoms with E-state index < -0.39 is 0 Å². The van der Waals surface area contributed by atoms with Crippen molar-refractivity contribution in [2.75, 3.05) is 20.2 Å². The number of methoxy groups -OCH3 is 1. The van der Waals surface area contributed by atoms with Gasteiger partial charge in [0, 0.05) is 16.6 Å². The zero-order valence-electron chi connectivity index (χ0n) is 16.9. The minimum absolute atomic E-state index is 0. The first-order chi connectivity index (χ1) is 14.2. The summed E-state index contributed by atoms with van der Waals surface area (Å²) in [4.78, 5) is 18.4. The van der Waals surface area contributed by atoms with Gasteiger partial charge in [-0.05, 0) is 55.6 Å². The van der Waals surface area contributed by atoms with Crippen molar-refractivity contribution >= 4 is 29.7 Å². The number of hydrogen-bond donors (Lipinski definition) is 2. The molecule has 158 valence electrons. The highest BCUT2D eigenvalue weighted by Gasteiger charge is 2.19. The van der Waals surface area contributed by atoms with Crippen LogP contribution in [0.4, 0.5) is 0 Å². The van der Waals surface area contributed by atoms with Crippen molar-refractivity contribution < 1.29 is 9.53 Å². The van der Waals surface area contributed by atoms with Gasteiger partial charge in [-0.2, -0.15) is 0 Å². The van der Waals surface area contributed by atoms with Crippen LogP contribution in [0.3, 0.4) is 0 Å². The first-order valence-corrected chi connectivity index (χ1v) is 10.7. The van der Waals surface area contributed by atoms with E-state index in [9.17, 15) is 4.79 Å². The zero-order valence-corrected chi connectivity index (χ0v) is 18.5. The first-order valence-electron chi connectivity index (χ1n) is 9.89. The largest absolute Gasteiger partial charge is 0.496 e. The molecule has 0 radical (unpaired) electrons. The summed E-state index contributed by atoms with van der Waals surface area (Å²) in [5, 5.41) is 7.35. The lowest BCUT2D eigenvalue weighted by Crippen LogP contribution is -2.24. The fourth-order valence-corrected chi connectivity index (χ4v) is 4.60.